The molecule has 1 aromatic heterocycles. The average Bonchev–Trinajstić information content (AvgIpc) is 2.27. The van der Waals surface area contributed by atoms with E-state index >= 15 is 0 Å². The highest BCUT2D eigenvalue weighted by Crippen LogP contribution is 2.09. The average molecular weight is 247 g/mol. The zero-order chi connectivity index (χ0) is 13.6. The first kappa shape index (κ1) is 14.0. The van der Waals surface area contributed by atoms with Gasteiger partial charge in [0.05, 0.1) is 6.54 Å². The summed E-state index contributed by atoms with van der Waals surface area (Å²) >= 11 is 0. The maximum atomic E-state index is 11.7. The van der Waals surface area contributed by atoms with Gasteiger partial charge in [-0.25, -0.2) is 9.97 Å². The van der Waals surface area contributed by atoms with Gasteiger partial charge in [-0.2, -0.15) is 0 Å². The molecular weight excluding hydrogens is 230 g/mol. The Morgan fingerprint density at radius 1 is 1.44 bits per heavy atom. The van der Waals surface area contributed by atoms with Crippen LogP contribution in [0.2, 0.25) is 0 Å². The Bertz CT molecular complexity index is 432. The molecule has 0 aromatic carbocycles. The van der Waals surface area contributed by atoms with Gasteiger partial charge in [0.25, 0.3) is 0 Å². The number of ether oxygens (including phenoxy) is 1. The normalized spacial score (nSPS) is 10.6. The molecule has 0 fully saturated rings. The van der Waals surface area contributed by atoms with Crippen LogP contribution in [0, 0.1) is 12.3 Å². The molecule has 0 saturated heterocycles. The molecule has 18 heavy (non-hydrogen) atoms. The number of anilines is 1. The summed E-state index contributed by atoms with van der Waals surface area (Å²) in [5.41, 5.74) is -0.517. The lowest BCUT2D eigenvalue weighted by atomic mass is 10.2. The summed E-state index contributed by atoms with van der Waals surface area (Å²) in [6.07, 6.45) is 8.47. The number of rotatable bonds is 4. The van der Waals surface area contributed by atoms with Crippen molar-refractivity contribution in [3.63, 3.8) is 0 Å². The van der Waals surface area contributed by atoms with E-state index < -0.39 is 5.60 Å². The molecule has 0 spiro atoms. The topological polar surface area (TPSA) is 55.3 Å². The monoisotopic (exact) mass is 247 g/mol. The third-order valence-corrected chi connectivity index (χ3v) is 1.86. The van der Waals surface area contributed by atoms with E-state index in [1.807, 2.05) is 20.8 Å². The first-order valence-corrected chi connectivity index (χ1v) is 5.59. The lowest BCUT2D eigenvalue weighted by Gasteiger charge is -2.23. The number of hydrogen-bond donors (Lipinski definition) is 0. The molecule has 1 rings (SSSR count). The summed E-state index contributed by atoms with van der Waals surface area (Å²) in [5, 5.41) is 0. The van der Waals surface area contributed by atoms with Crippen molar-refractivity contribution in [3.8, 4) is 12.3 Å². The second-order valence-corrected chi connectivity index (χ2v) is 4.70. The molecule has 0 amide bonds. The largest absolute Gasteiger partial charge is 0.459 e. The quantitative estimate of drug-likeness (QED) is 0.592. The fourth-order valence-electron chi connectivity index (χ4n) is 1.29. The van der Waals surface area contributed by atoms with Gasteiger partial charge in [-0.15, -0.1) is 6.42 Å². The molecule has 0 saturated carbocycles. The van der Waals surface area contributed by atoms with Gasteiger partial charge in [0.1, 0.15) is 12.1 Å². The van der Waals surface area contributed by atoms with E-state index in [-0.39, 0.29) is 19.1 Å². The third kappa shape index (κ3) is 4.83. The number of carbonyl (C=O) groups excluding carboxylic acids is 1. The number of aromatic nitrogens is 2. The summed E-state index contributed by atoms with van der Waals surface area (Å²) in [7, 11) is 0. The molecule has 0 bridgehead atoms. The number of hydrogen-bond acceptors (Lipinski definition) is 5. The maximum absolute atomic E-state index is 11.7. The first-order chi connectivity index (χ1) is 8.42. The predicted molar refractivity (Wildman–Crippen MR) is 68.9 cm³/mol. The molecule has 0 radical (unpaired) electrons. The van der Waals surface area contributed by atoms with Crippen molar-refractivity contribution in [2.75, 3.05) is 18.0 Å². The molecule has 0 aliphatic rings. The Labute approximate surface area is 107 Å². The van der Waals surface area contributed by atoms with Crippen LogP contribution < -0.4 is 4.90 Å². The van der Waals surface area contributed by atoms with Crippen LogP contribution in [-0.2, 0) is 9.53 Å². The minimum atomic E-state index is -0.517. The standard InChI is InChI=1S/C13H17N3O2/c1-5-9-16(12-14-7-6-8-15-12)10-11(17)18-13(2,3)4/h1,6-8H,9-10H2,2-4H3. The van der Waals surface area contributed by atoms with E-state index in [4.69, 9.17) is 11.2 Å². The van der Waals surface area contributed by atoms with Crippen LogP contribution in [0.15, 0.2) is 18.5 Å². The van der Waals surface area contributed by atoms with Gasteiger partial charge >= 0.3 is 5.97 Å². The van der Waals surface area contributed by atoms with Crippen LogP contribution in [0.4, 0.5) is 5.95 Å². The van der Waals surface area contributed by atoms with Crippen LogP contribution >= 0.6 is 0 Å². The fraction of sp³-hybridized carbons (Fsp3) is 0.462. The van der Waals surface area contributed by atoms with Gasteiger partial charge in [0.2, 0.25) is 5.95 Å². The number of esters is 1. The van der Waals surface area contributed by atoms with Gasteiger partial charge < -0.3 is 9.64 Å². The SMILES string of the molecule is C#CCN(CC(=O)OC(C)(C)C)c1ncccn1. The van der Waals surface area contributed by atoms with Gasteiger partial charge in [0, 0.05) is 12.4 Å². The van der Waals surface area contributed by atoms with E-state index in [9.17, 15) is 4.79 Å². The van der Waals surface area contributed by atoms with Crippen molar-refractivity contribution >= 4 is 11.9 Å². The molecule has 96 valence electrons. The Hall–Kier alpha value is -2.09. The molecule has 0 N–H and O–H groups in total. The lowest BCUT2D eigenvalue weighted by Crippen LogP contribution is -2.36. The van der Waals surface area contributed by atoms with E-state index in [1.54, 1.807) is 23.4 Å². The summed E-state index contributed by atoms with van der Waals surface area (Å²) in [5.74, 6) is 2.53. The fourth-order valence-corrected chi connectivity index (χ4v) is 1.29. The second-order valence-electron chi connectivity index (χ2n) is 4.70. The Morgan fingerprint density at radius 3 is 2.56 bits per heavy atom. The summed E-state index contributed by atoms with van der Waals surface area (Å²) < 4.78 is 5.23. The molecule has 0 atom stereocenters. The van der Waals surface area contributed by atoms with Gasteiger partial charge in [-0.3, -0.25) is 4.79 Å². The van der Waals surface area contributed by atoms with Crippen molar-refractivity contribution in [2.24, 2.45) is 0 Å². The Morgan fingerprint density at radius 2 is 2.06 bits per heavy atom. The van der Waals surface area contributed by atoms with Crippen LogP contribution in [0.5, 0.6) is 0 Å². The third-order valence-electron chi connectivity index (χ3n) is 1.86. The molecule has 0 aliphatic heterocycles. The van der Waals surface area contributed by atoms with Gasteiger partial charge in [0.15, 0.2) is 0 Å². The molecule has 0 unspecified atom stereocenters. The minimum Gasteiger partial charge on any atom is -0.459 e. The molecule has 5 heteroatoms. The Kier molecular flexibility index (Phi) is 4.67. The van der Waals surface area contributed by atoms with Crippen molar-refractivity contribution < 1.29 is 9.53 Å². The molecule has 5 nitrogen and oxygen atoms in total. The summed E-state index contributed by atoms with van der Waals surface area (Å²) in [4.78, 5) is 21.4. The van der Waals surface area contributed by atoms with Gasteiger partial charge in [-0.1, -0.05) is 5.92 Å². The maximum Gasteiger partial charge on any atom is 0.326 e. The van der Waals surface area contributed by atoms with Crippen LogP contribution in [0.3, 0.4) is 0 Å². The van der Waals surface area contributed by atoms with E-state index in [1.165, 1.54) is 0 Å². The Balaban J connectivity index is 2.71. The number of terminal acetylenes is 1. The molecule has 0 aliphatic carbocycles. The zero-order valence-corrected chi connectivity index (χ0v) is 10.9. The first-order valence-electron chi connectivity index (χ1n) is 5.59. The van der Waals surface area contributed by atoms with E-state index in [0.717, 1.165) is 0 Å². The van der Waals surface area contributed by atoms with Crippen LogP contribution in [0.1, 0.15) is 20.8 Å². The van der Waals surface area contributed by atoms with Crippen molar-refractivity contribution in [2.45, 2.75) is 26.4 Å². The molecular formula is C13H17N3O2. The van der Waals surface area contributed by atoms with Crippen molar-refractivity contribution in [1.82, 2.24) is 9.97 Å². The zero-order valence-electron chi connectivity index (χ0n) is 10.9. The summed E-state index contributed by atoms with van der Waals surface area (Å²) in [6, 6.07) is 1.70. The van der Waals surface area contributed by atoms with Crippen molar-refractivity contribution in [3.05, 3.63) is 18.5 Å². The van der Waals surface area contributed by atoms with E-state index in [2.05, 4.69) is 15.9 Å². The van der Waals surface area contributed by atoms with Crippen LogP contribution in [0.25, 0.3) is 0 Å². The second kappa shape index (κ2) is 6.01. The number of carbonyl (C=O) groups is 1. The molecule has 1 aromatic rings. The van der Waals surface area contributed by atoms with Crippen molar-refractivity contribution in [1.29, 1.82) is 0 Å². The highest BCUT2D eigenvalue weighted by atomic mass is 16.6. The smallest absolute Gasteiger partial charge is 0.326 e. The number of nitrogens with zero attached hydrogens (tertiary/aromatic N) is 3. The van der Waals surface area contributed by atoms with Crippen LogP contribution in [-0.4, -0.2) is 34.6 Å². The highest BCUT2D eigenvalue weighted by Gasteiger charge is 2.19. The molecule has 1 heterocycles. The minimum absolute atomic E-state index is 0.0332. The van der Waals surface area contributed by atoms with E-state index in [0.29, 0.717) is 5.95 Å². The van der Waals surface area contributed by atoms with Gasteiger partial charge in [-0.05, 0) is 26.8 Å². The lowest BCUT2D eigenvalue weighted by molar-refractivity contribution is -0.152. The highest BCUT2D eigenvalue weighted by molar-refractivity contribution is 5.75. The summed E-state index contributed by atoms with van der Waals surface area (Å²) in [6.45, 7) is 5.73. The predicted octanol–water partition coefficient (Wildman–Crippen LogP) is 1.26.